The number of thioether (sulfide) groups is 1. The zero-order valence-corrected chi connectivity index (χ0v) is 20.4. The van der Waals surface area contributed by atoms with Crippen LogP contribution in [0, 0.1) is 5.82 Å². The summed E-state index contributed by atoms with van der Waals surface area (Å²) >= 11 is 13.4. The highest BCUT2D eigenvalue weighted by Crippen LogP contribution is 2.24. The van der Waals surface area contributed by atoms with Crippen LogP contribution in [0.3, 0.4) is 0 Å². The highest BCUT2D eigenvalue weighted by molar-refractivity contribution is 7.99. The molecule has 0 aromatic heterocycles. The fourth-order valence-electron chi connectivity index (χ4n) is 2.84. The average Bonchev–Trinajstić information content (AvgIpc) is 2.68. The number of hydrogen-bond acceptors (Lipinski definition) is 3. The van der Waals surface area contributed by atoms with Crippen LogP contribution < -0.4 is 5.32 Å². The van der Waals surface area contributed by atoms with Crippen molar-refractivity contribution in [3.05, 3.63) is 69.5 Å². The molecule has 0 radical (unpaired) electrons. The second kappa shape index (κ2) is 11.2. The third-order valence-corrected chi connectivity index (χ3v) is 6.15. The topological polar surface area (TPSA) is 49.4 Å². The van der Waals surface area contributed by atoms with E-state index >= 15 is 0 Å². The van der Waals surface area contributed by atoms with Crippen LogP contribution in [0.2, 0.25) is 10.0 Å². The second-order valence-electron chi connectivity index (χ2n) is 8.27. The number of halogens is 3. The molecule has 0 unspecified atom stereocenters. The lowest BCUT2D eigenvalue weighted by molar-refractivity contribution is -0.139. The van der Waals surface area contributed by atoms with E-state index in [1.165, 1.54) is 22.7 Å². The first kappa shape index (κ1) is 25.5. The molecule has 0 aliphatic heterocycles. The normalized spacial score (nSPS) is 12.4. The van der Waals surface area contributed by atoms with Gasteiger partial charge in [0.2, 0.25) is 11.8 Å². The second-order valence-corrected chi connectivity index (χ2v) is 10.1. The molecule has 0 aliphatic rings. The quantitative estimate of drug-likeness (QED) is 0.522. The molecule has 1 N–H and O–H groups in total. The summed E-state index contributed by atoms with van der Waals surface area (Å²) in [5.74, 6) is -0.290. The van der Waals surface area contributed by atoms with Gasteiger partial charge in [0.1, 0.15) is 11.9 Å². The van der Waals surface area contributed by atoms with Gasteiger partial charge in [-0.15, -0.1) is 11.8 Å². The SMILES string of the molecule is C[C@H](C(=O)NC(C)(C)C)N(Cc1ccc(Cl)c(Cl)c1)C(=O)CSCc1ccccc1F. The van der Waals surface area contributed by atoms with Gasteiger partial charge in [-0.1, -0.05) is 47.5 Å². The van der Waals surface area contributed by atoms with Gasteiger partial charge >= 0.3 is 0 Å². The Morgan fingerprint density at radius 3 is 2.42 bits per heavy atom. The van der Waals surface area contributed by atoms with Crippen molar-refractivity contribution < 1.29 is 14.0 Å². The average molecular weight is 485 g/mol. The van der Waals surface area contributed by atoms with Crippen molar-refractivity contribution in [1.82, 2.24) is 10.2 Å². The molecule has 4 nitrogen and oxygen atoms in total. The van der Waals surface area contributed by atoms with Crippen LogP contribution in [-0.2, 0) is 21.9 Å². The summed E-state index contributed by atoms with van der Waals surface area (Å²) < 4.78 is 13.8. The fraction of sp³-hybridized carbons (Fsp3) is 0.391. The van der Waals surface area contributed by atoms with Crippen molar-refractivity contribution >= 4 is 46.8 Å². The van der Waals surface area contributed by atoms with E-state index in [9.17, 15) is 14.0 Å². The molecule has 0 spiro atoms. The minimum absolute atomic E-state index is 0.114. The lowest BCUT2D eigenvalue weighted by Crippen LogP contribution is -2.52. The summed E-state index contributed by atoms with van der Waals surface area (Å²) in [6.45, 7) is 7.54. The maximum absolute atomic E-state index is 13.8. The van der Waals surface area contributed by atoms with Crippen LogP contribution >= 0.6 is 35.0 Å². The number of nitrogens with one attached hydrogen (secondary N) is 1. The Hall–Kier alpha value is -1.76. The van der Waals surface area contributed by atoms with Gasteiger partial charge in [0, 0.05) is 17.8 Å². The molecule has 2 aromatic rings. The summed E-state index contributed by atoms with van der Waals surface area (Å²) in [5.41, 5.74) is 0.871. The van der Waals surface area contributed by atoms with E-state index in [-0.39, 0.29) is 29.9 Å². The molecule has 1 atom stereocenters. The van der Waals surface area contributed by atoms with E-state index in [0.717, 1.165) is 5.56 Å². The molecule has 0 saturated carbocycles. The fourth-order valence-corrected chi connectivity index (χ4v) is 4.06. The molecule has 0 fully saturated rings. The molecule has 168 valence electrons. The van der Waals surface area contributed by atoms with Crippen molar-refractivity contribution in [1.29, 1.82) is 0 Å². The Kier molecular flexibility index (Phi) is 9.22. The van der Waals surface area contributed by atoms with Crippen LogP contribution in [-0.4, -0.2) is 34.0 Å². The lowest BCUT2D eigenvalue weighted by Gasteiger charge is -2.31. The number of amides is 2. The van der Waals surface area contributed by atoms with E-state index in [4.69, 9.17) is 23.2 Å². The van der Waals surface area contributed by atoms with Crippen LogP contribution in [0.25, 0.3) is 0 Å². The number of rotatable bonds is 8. The Balaban J connectivity index is 2.14. The summed E-state index contributed by atoms with van der Waals surface area (Å²) in [6, 6.07) is 10.9. The third-order valence-electron chi connectivity index (χ3n) is 4.44. The van der Waals surface area contributed by atoms with E-state index < -0.39 is 11.6 Å². The number of nitrogens with zero attached hydrogens (tertiary/aromatic N) is 1. The highest BCUT2D eigenvalue weighted by atomic mass is 35.5. The first-order valence-corrected chi connectivity index (χ1v) is 11.8. The Bertz CT molecular complexity index is 934. The number of carbonyl (C=O) groups excluding carboxylic acids is 2. The number of benzene rings is 2. The summed E-state index contributed by atoms with van der Waals surface area (Å²) in [4.78, 5) is 27.3. The molecular formula is C23H27Cl2FN2O2S. The molecule has 2 aromatic carbocycles. The molecule has 2 rings (SSSR count). The Labute approximate surface area is 197 Å². The van der Waals surface area contributed by atoms with Gasteiger partial charge in [0.05, 0.1) is 15.8 Å². The maximum Gasteiger partial charge on any atom is 0.242 e. The van der Waals surface area contributed by atoms with E-state index in [2.05, 4.69) is 5.32 Å². The van der Waals surface area contributed by atoms with Gasteiger partial charge in [-0.05, 0) is 57.0 Å². The maximum atomic E-state index is 13.8. The van der Waals surface area contributed by atoms with Crippen LogP contribution in [0.15, 0.2) is 42.5 Å². The summed E-state index contributed by atoms with van der Waals surface area (Å²) in [5, 5.41) is 3.71. The van der Waals surface area contributed by atoms with Crippen molar-refractivity contribution in [3.8, 4) is 0 Å². The zero-order chi connectivity index (χ0) is 23.2. The van der Waals surface area contributed by atoms with E-state index in [1.54, 1.807) is 43.3 Å². The molecular weight excluding hydrogens is 458 g/mol. The summed E-state index contributed by atoms with van der Waals surface area (Å²) in [7, 11) is 0. The van der Waals surface area contributed by atoms with Gasteiger partial charge in [0.15, 0.2) is 0 Å². The first-order valence-electron chi connectivity index (χ1n) is 9.84. The van der Waals surface area contributed by atoms with Crippen LogP contribution in [0.1, 0.15) is 38.8 Å². The van der Waals surface area contributed by atoms with E-state index in [0.29, 0.717) is 21.4 Å². The van der Waals surface area contributed by atoms with Gasteiger partial charge in [0.25, 0.3) is 0 Å². The van der Waals surface area contributed by atoms with Gasteiger partial charge in [-0.2, -0.15) is 0 Å². The predicted octanol–water partition coefficient (Wildman–Crippen LogP) is 5.70. The summed E-state index contributed by atoms with van der Waals surface area (Å²) in [6.07, 6.45) is 0. The monoisotopic (exact) mass is 484 g/mol. The Morgan fingerprint density at radius 1 is 1.13 bits per heavy atom. The van der Waals surface area contributed by atoms with Crippen molar-refractivity contribution in [2.24, 2.45) is 0 Å². The minimum Gasteiger partial charge on any atom is -0.350 e. The molecule has 0 aliphatic carbocycles. The first-order chi connectivity index (χ1) is 14.5. The van der Waals surface area contributed by atoms with Gasteiger partial charge in [-0.25, -0.2) is 4.39 Å². The number of carbonyl (C=O) groups is 2. The molecule has 0 bridgehead atoms. The third kappa shape index (κ3) is 8.02. The van der Waals surface area contributed by atoms with Crippen molar-refractivity contribution in [2.75, 3.05) is 5.75 Å². The van der Waals surface area contributed by atoms with Crippen molar-refractivity contribution in [3.63, 3.8) is 0 Å². The largest absolute Gasteiger partial charge is 0.350 e. The predicted molar refractivity (Wildman–Crippen MR) is 127 cm³/mol. The van der Waals surface area contributed by atoms with E-state index in [1.807, 2.05) is 20.8 Å². The molecule has 31 heavy (non-hydrogen) atoms. The Morgan fingerprint density at radius 2 is 1.81 bits per heavy atom. The molecule has 8 heteroatoms. The number of hydrogen-bond donors (Lipinski definition) is 1. The molecule has 2 amide bonds. The molecule has 0 heterocycles. The highest BCUT2D eigenvalue weighted by Gasteiger charge is 2.28. The van der Waals surface area contributed by atoms with Crippen LogP contribution in [0.5, 0.6) is 0 Å². The standard InChI is InChI=1S/C23H27Cl2FN2O2S/c1-15(22(30)27-23(2,3)4)28(12-16-9-10-18(24)19(25)11-16)21(29)14-31-13-17-7-5-6-8-20(17)26/h5-11,15H,12-14H2,1-4H3,(H,27,30)/t15-/m1/s1. The zero-order valence-electron chi connectivity index (χ0n) is 18.0. The van der Waals surface area contributed by atoms with Crippen LogP contribution in [0.4, 0.5) is 4.39 Å². The minimum atomic E-state index is -0.699. The van der Waals surface area contributed by atoms with Crippen molar-refractivity contribution in [2.45, 2.75) is 51.6 Å². The lowest BCUT2D eigenvalue weighted by atomic mass is 10.1. The van der Waals surface area contributed by atoms with Gasteiger partial charge in [-0.3, -0.25) is 9.59 Å². The molecule has 0 saturated heterocycles. The smallest absolute Gasteiger partial charge is 0.242 e. The van der Waals surface area contributed by atoms with Gasteiger partial charge < -0.3 is 10.2 Å².